The van der Waals surface area contributed by atoms with Gasteiger partial charge in [0, 0.05) is 12.2 Å². The fraction of sp³-hybridized carbons (Fsp3) is 0.286. The molecule has 0 atom stereocenters. The van der Waals surface area contributed by atoms with E-state index in [4.69, 9.17) is 0 Å². The number of aromatic nitrogens is 5. The summed E-state index contributed by atoms with van der Waals surface area (Å²) in [5.74, 6) is 0. The highest BCUT2D eigenvalue weighted by Crippen LogP contribution is 2.36. The lowest BCUT2D eigenvalue weighted by Crippen LogP contribution is -2.30. The lowest BCUT2D eigenvalue weighted by atomic mass is 9.89. The van der Waals surface area contributed by atoms with Crippen molar-refractivity contribution in [3.8, 4) is 17.5 Å². The maximum atomic E-state index is 9.48. The smallest absolute Gasteiger partial charge is 0.172 e. The third-order valence-corrected chi connectivity index (χ3v) is 3.89. The predicted octanol–water partition coefficient (Wildman–Crippen LogP) is 1.16. The first-order chi connectivity index (χ1) is 10.3. The number of aliphatic hydroxyl groups excluding tert-OH is 1. The Morgan fingerprint density at radius 1 is 1.38 bits per heavy atom. The molecule has 0 bridgehead atoms. The molecule has 0 aromatic carbocycles. The summed E-state index contributed by atoms with van der Waals surface area (Å²) < 4.78 is 3.51. The average molecular weight is 280 g/mol. The van der Waals surface area contributed by atoms with Crippen molar-refractivity contribution < 1.29 is 5.11 Å². The maximum Gasteiger partial charge on any atom is 0.172 e. The molecular weight excluding hydrogens is 268 g/mol. The second-order valence-electron chi connectivity index (χ2n) is 5.18. The predicted molar refractivity (Wildman–Crippen MR) is 73.2 cm³/mol. The van der Waals surface area contributed by atoms with E-state index < -0.39 is 0 Å². The summed E-state index contributed by atoms with van der Waals surface area (Å²) in [6.07, 6.45) is 6.22. The lowest BCUT2D eigenvalue weighted by Gasteiger charge is -2.33. The Hall–Kier alpha value is -2.72. The van der Waals surface area contributed by atoms with Crippen molar-refractivity contribution in [2.75, 3.05) is 0 Å². The molecule has 0 saturated heterocycles. The molecule has 3 aromatic rings. The third-order valence-electron chi connectivity index (χ3n) is 3.89. The Morgan fingerprint density at radius 3 is 3.00 bits per heavy atom. The SMILES string of the molecule is N#Cc1c(-c2cncn2C2CC(O)C2)nc2cccnn12. The number of nitrogens with zero attached hydrogens (tertiary/aromatic N) is 6. The molecule has 1 saturated carbocycles. The number of nitriles is 1. The number of imidazole rings is 2. The topological polar surface area (TPSA) is 92.0 Å². The molecule has 3 aromatic heterocycles. The van der Waals surface area contributed by atoms with E-state index in [9.17, 15) is 10.4 Å². The first-order valence-electron chi connectivity index (χ1n) is 6.72. The number of rotatable bonds is 2. The molecule has 1 N–H and O–H groups in total. The summed E-state index contributed by atoms with van der Waals surface area (Å²) in [6.45, 7) is 0. The van der Waals surface area contributed by atoms with Gasteiger partial charge in [-0.05, 0) is 25.0 Å². The van der Waals surface area contributed by atoms with Gasteiger partial charge in [-0.1, -0.05) is 0 Å². The summed E-state index contributed by atoms with van der Waals surface area (Å²) >= 11 is 0. The highest BCUT2D eigenvalue weighted by Gasteiger charge is 2.31. The molecule has 1 fully saturated rings. The minimum absolute atomic E-state index is 0.210. The minimum atomic E-state index is -0.247. The summed E-state index contributed by atoms with van der Waals surface area (Å²) in [4.78, 5) is 8.68. The highest BCUT2D eigenvalue weighted by molar-refractivity contribution is 5.66. The largest absolute Gasteiger partial charge is 0.393 e. The van der Waals surface area contributed by atoms with E-state index in [1.54, 1.807) is 24.8 Å². The molecule has 0 amide bonds. The van der Waals surface area contributed by atoms with Gasteiger partial charge in [0.15, 0.2) is 11.3 Å². The van der Waals surface area contributed by atoms with Crippen molar-refractivity contribution in [1.82, 2.24) is 24.1 Å². The summed E-state index contributed by atoms with van der Waals surface area (Å²) in [7, 11) is 0. The highest BCUT2D eigenvalue weighted by atomic mass is 16.3. The molecule has 0 spiro atoms. The van der Waals surface area contributed by atoms with E-state index in [1.165, 1.54) is 4.52 Å². The molecular formula is C14H12N6O. The third kappa shape index (κ3) is 1.73. The molecule has 7 heteroatoms. The zero-order chi connectivity index (χ0) is 14.4. The van der Waals surface area contributed by atoms with Crippen LogP contribution in [0, 0.1) is 11.3 Å². The molecule has 4 rings (SSSR count). The van der Waals surface area contributed by atoms with Crippen molar-refractivity contribution in [1.29, 1.82) is 5.26 Å². The van der Waals surface area contributed by atoms with Gasteiger partial charge in [0.2, 0.25) is 0 Å². The van der Waals surface area contributed by atoms with Crippen molar-refractivity contribution in [2.24, 2.45) is 0 Å². The van der Waals surface area contributed by atoms with Crippen LogP contribution in [-0.2, 0) is 0 Å². The van der Waals surface area contributed by atoms with Crippen molar-refractivity contribution in [2.45, 2.75) is 25.0 Å². The molecule has 104 valence electrons. The Bertz CT molecular complexity index is 852. The van der Waals surface area contributed by atoms with Gasteiger partial charge in [0.25, 0.3) is 0 Å². The lowest BCUT2D eigenvalue weighted by molar-refractivity contribution is 0.0491. The Kier molecular flexibility index (Phi) is 2.52. The van der Waals surface area contributed by atoms with E-state index in [0.717, 1.165) is 5.69 Å². The summed E-state index contributed by atoms with van der Waals surface area (Å²) in [5, 5.41) is 23.1. The Morgan fingerprint density at radius 2 is 2.24 bits per heavy atom. The van der Waals surface area contributed by atoms with Crippen LogP contribution in [-0.4, -0.2) is 35.4 Å². The maximum absolute atomic E-state index is 9.48. The van der Waals surface area contributed by atoms with Crippen molar-refractivity contribution >= 4 is 5.65 Å². The fourth-order valence-corrected chi connectivity index (χ4v) is 2.73. The molecule has 21 heavy (non-hydrogen) atoms. The number of aliphatic hydroxyl groups is 1. The normalized spacial score (nSPS) is 21.1. The van der Waals surface area contributed by atoms with Crippen LogP contribution >= 0.6 is 0 Å². The quantitative estimate of drug-likeness (QED) is 0.760. The molecule has 0 radical (unpaired) electrons. The van der Waals surface area contributed by atoms with E-state index >= 15 is 0 Å². The second kappa shape index (κ2) is 4.40. The Labute approximate surface area is 120 Å². The minimum Gasteiger partial charge on any atom is -0.393 e. The first-order valence-corrected chi connectivity index (χ1v) is 6.72. The second-order valence-corrected chi connectivity index (χ2v) is 5.18. The van der Waals surface area contributed by atoms with Crippen LogP contribution < -0.4 is 0 Å². The van der Waals surface area contributed by atoms with Gasteiger partial charge in [-0.3, -0.25) is 0 Å². The van der Waals surface area contributed by atoms with Gasteiger partial charge >= 0.3 is 0 Å². The van der Waals surface area contributed by atoms with Crippen LogP contribution in [0.4, 0.5) is 0 Å². The van der Waals surface area contributed by atoms with Crippen molar-refractivity contribution in [3.63, 3.8) is 0 Å². The van der Waals surface area contributed by atoms with Gasteiger partial charge < -0.3 is 9.67 Å². The van der Waals surface area contributed by atoms with Gasteiger partial charge in [-0.2, -0.15) is 10.4 Å². The summed E-state index contributed by atoms with van der Waals surface area (Å²) in [6, 6.07) is 5.97. The van der Waals surface area contributed by atoms with E-state index in [2.05, 4.69) is 21.1 Å². The monoisotopic (exact) mass is 280 g/mol. The van der Waals surface area contributed by atoms with Gasteiger partial charge in [0.1, 0.15) is 11.8 Å². The summed E-state index contributed by atoms with van der Waals surface area (Å²) in [5.41, 5.74) is 2.39. The van der Waals surface area contributed by atoms with Gasteiger partial charge in [0.05, 0.1) is 24.3 Å². The molecule has 3 heterocycles. The van der Waals surface area contributed by atoms with Crippen LogP contribution in [0.5, 0.6) is 0 Å². The zero-order valence-electron chi connectivity index (χ0n) is 11.1. The molecule has 0 aliphatic heterocycles. The molecule has 7 nitrogen and oxygen atoms in total. The number of fused-ring (bicyclic) bond motifs is 1. The Balaban J connectivity index is 1.88. The molecule has 0 unspecified atom stereocenters. The fourth-order valence-electron chi connectivity index (χ4n) is 2.73. The average Bonchev–Trinajstić information content (AvgIpc) is 3.07. The molecule has 1 aliphatic rings. The van der Waals surface area contributed by atoms with Crippen LogP contribution in [0.2, 0.25) is 0 Å². The number of hydrogen-bond acceptors (Lipinski definition) is 5. The van der Waals surface area contributed by atoms with Crippen LogP contribution in [0.25, 0.3) is 17.0 Å². The standard InChI is InChI=1S/C14H12N6O/c15-6-11-14(18-13-2-1-3-17-20(11)13)12-7-16-8-19(12)9-4-10(21)5-9/h1-3,7-10,21H,4-5H2. The zero-order valence-corrected chi connectivity index (χ0v) is 11.1. The van der Waals surface area contributed by atoms with E-state index in [1.807, 2.05) is 10.6 Å². The van der Waals surface area contributed by atoms with E-state index in [0.29, 0.717) is 29.9 Å². The van der Waals surface area contributed by atoms with Crippen LogP contribution in [0.15, 0.2) is 30.9 Å². The first kappa shape index (κ1) is 12.1. The molecule has 1 aliphatic carbocycles. The number of hydrogen-bond donors (Lipinski definition) is 1. The van der Waals surface area contributed by atoms with Gasteiger partial charge in [-0.15, -0.1) is 0 Å². The van der Waals surface area contributed by atoms with Crippen molar-refractivity contribution in [3.05, 3.63) is 36.5 Å². The van der Waals surface area contributed by atoms with Crippen LogP contribution in [0.3, 0.4) is 0 Å². The van der Waals surface area contributed by atoms with Crippen LogP contribution in [0.1, 0.15) is 24.6 Å². The van der Waals surface area contributed by atoms with Gasteiger partial charge in [-0.25, -0.2) is 14.5 Å². The van der Waals surface area contributed by atoms with E-state index in [-0.39, 0.29) is 12.1 Å².